The number of para-hydroxylation sites is 1. The summed E-state index contributed by atoms with van der Waals surface area (Å²) in [7, 11) is 0. The van der Waals surface area contributed by atoms with Gasteiger partial charge in [-0.15, -0.1) is 0 Å². The number of carboxylic acids is 1. The van der Waals surface area contributed by atoms with Crippen molar-refractivity contribution in [1.82, 2.24) is 9.97 Å². The molecule has 0 spiro atoms. The zero-order valence-corrected chi connectivity index (χ0v) is 22.7. The Kier molecular flexibility index (Phi) is 8.55. The summed E-state index contributed by atoms with van der Waals surface area (Å²) in [6.45, 7) is 2.47. The first kappa shape index (κ1) is 27.4. The van der Waals surface area contributed by atoms with E-state index in [1.165, 1.54) is 0 Å². The van der Waals surface area contributed by atoms with E-state index >= 15 is 0 Å². The van der Waals surface area contributed by atoms with Gasteiger partial charge in [0.25, 0.3) is 0 Å². The summed E-state index contributed by atoms with van der Waals surface area (Å²) in [5.41, 5.74) is 5.31. The Hall–Kier alpha value is -5.17. The zero-order chi connectivity index (χ0) is 28.6. The molecule has 4 aromatic carbocycles. The first-order chi connectivity index (χ1) is 20.0. The molecule has 0 fully saturated rings. The van der Waals surface area contributed by atoms with Crippen LogP contribution >= 0.6 is 0 Å². The minimum Gasteiger partial charge on any atom is -0.493 e. The third-order valence-electron chi connectivity index (χ3n) is 6.84. The number of H-pyrrole nitrogens is 1. The van der Waals surface area contributed by atoms with Crippen molar-refractivity contribution in [3.05, 3.63) is 137 Å². The number of carbonyl (C=O) groups is 2. The Morgan fingerprint density at radius 3 is 2.24 bits per heavy atom. The molecule has 0 aliphatic heterocycles. The number of carbonyl (C=O) groups excluding carboxylic acids is 1. The van der Waals surface area contributed by atoms with Gasteiger partial charge in [-0.2, -0.15) is 0 Å². The molecule has 5 aromatic rings. The van der Waals surface area contributed by atoms with Crippen molar-refractivity contribution in [2.45, 2.75) is 25.8 Å². The van der Waals surface area contributed by atoms with E-state index in [4.69, 9.17) is 9.72 Å². The van der Waals surface area contributed by atoms with Gasteiger partial charge >= 0.3 is 5.97 Å². The van der Waals surface area contributed by atoms with E-state index in [0.29, 0.717) is 35.6 Å². The number of ketones is 1. The standard InChI is InChI=1S/C34H31N3O4/c1-23-29(37-33(35-23)26-12-6-3-7-13-26)20-21-41-27-18-16-24(17-19-27)22-31(34(39)40)36-30-15-9-8-14-28(30)32(38)25-10-4-2-5-11-25/h2-19,31,36H,20-22H2,1H3,(H,35,37)(H,39,40)/t31-/m0/s1. The second kappa shape index (κ2) is 12.8. The maximum Gasteiger partial charge on any atom is 0.326 e. The van der Waals surface area contributed by atoms with Gasteiger partial charge in [-0.25, -0.2) is 9.78 Å². The second-order valence-corrected chi connectivity index (χ2v) is 9.75. The highest BCUT2D eigenvalue weighted by Gasteiger charge is 2.21. The van der Waals surface area contributed by atoms with E-state index in [0.717, 1.165) is 28.3 Å². The molecule has 206 valence electrons. The molecule has 0 saturated carbocycles. The Balaban J connectivity index is 1.19. The molecule has 0 aliphatic rings. The van der Waals surface area contributed by atoms with Crippen molar-refractivity contribution >= 4 is 17.4 Å². The number of benzene rings is 4. The summed E-state index contributed by atoms with van der Waals surface area (Å²) >= 11 is 0. The monoisotopic (exact) mass is 545 g/mol. The summed E-state index contributed by atoms with van der Waals surface area (Å²) in [6.07, 6.45) is 0.890. The number of hydrogen-bond donors (Lipinski definition) is 3. The molecule has 0 aliphatic carbocycles. The van der Waals surface area contributed by atoms with Gasteiger partial charge in [0.1, 0.15) is 17.6 Å². The lowest BCUT2D eigenvalue weighted by atomic mass is 10.00. The quantitative estimate of drug-likeness (QED) is 0.158. The largest absolute Gasteiger partial charge is 0.493 e. The summed E-state index contributed by atoms with van der Waals surface area (Å²) in [4.78, 5) is 33.3. The number of imidazole rings is 1. The first-order valence-corrected chi connectivity index (χ1v) is 13.5. The van der Waals surface area contributed by atoms with Crippen molar-refractivity contribution in [2.75, 3.05) is 11.9 Å². The average Bonchev–Trinajstić information content (AvgIpc) is 3.38. The Morgan fingerprint density at radius 1 is 0.878 bits per heavy atom. The highest BCUT2D eigenvalue weighted by atomic mass is 16.5. The average molecular weight is 546 g/mol. The van der Waals surface area contributed by atoms with E-state index in [2.05, 4.69) is 10.3 Å². The normalized spacial score (nSPS) is 11.5. The number of aryl methyl sites for hydroxylation is 1. The molecule has 0 amide bonds. The molecule has 7 nitrogen and oxygen atoms in total. The lowest BCUT2D eigenvalue weighted by Gasteiger charge is -2.18. The zero-order valence-electron chi connectivity index (χ0n) is 22.7. The third kappa shape index (κ3) is 6.89. The van der Waals surface area contributed by atoms with Gasteiger partial charge < -0.3 is 20.1 Å². The Bertz CT molecular complexity index is 1610. The van der Waals surface area contributed by atoms with Gasteiger partial charge in [0, 0.05) is 40.9 Å². The lowest BCUT2D eigenvalue weighted by molar-refractivity contribution is -0.137. The van der Waals surface area contributed by atoms with Gasteiger partial charge in [0.05, 0.1) is 12.3 Å². The van der Waals surface area contributed by atoms with Crippen LogP contribution < -0.4 is 10.1 Å². The van der Waals surface area contributed by atoms with Crippen molar-refractivity contribution in [3.63, 3.8) is 0 Å². The number of anilines is 1. The van der Waals surface area contributed by atoms with Crippen LogP contribution in [-0.2, 0) is 17.6 Å². The molecule has 41 heavy (non-hydrogen) atoms. The highest BCUT2D eigenvalue weighted by molar-refractivity contribution is 6.12. The second-order valence-electron chi connectivity index (χ2n) is 9.75. The predicted octanol–water partition coefficient (Wildman–Crippen LogP) is 6.35. The van der Waals surface area contributed by atoms with Gasteiger partial charge in [0.2, 0.25) is 0 Å². The number of aliphatic carboxylic acids is 1. The number of hydrogen-bond acceptors (Lipinski definition) is 5. The number of rotatable bonds is 12. The number of ether oxygens (including phenoxy) is 1. The highest BCUT2D eigenvalue weighted by Crippen LogP contribution is 2.22. The fourth-order valence-electron chi connectivity index (χ4n) is 4.64. The van der Waals surface area contributed by atoms with Crippen molar-refractivity contribution in [1.29, 1.82) is 0 Å². The Morgan fingerprint density at radius 2 is 1.54 bits per heavy atom. The topological polar surface area (TPSA) is 104 Å². The molecule has 0 unspecified atom stereocenters. The molecule has 1 atom stereocenters. The number of nitrogens with one attached hydrogen (secondary N) is 2. The van der Waals surface area contributed by atoms with Gasteiger partial charge in [-0.1, -0.05) is 84.9 Å². The molecule has 3 N–H and O–H groups in total. The molecule has 1 heterocycles. The number of aromatic nitrogens is 2. The van der Waals surface area contributed by atoms with Crippen LogP contribution in [0.5, 0.6) is 5.75 Å². The fourth-order valence-corrected chi connectivity index (χ4v) is 4.64. The minimum atomic E-state index is -1.00. The van der Waals surface area contributed by atoms with Crippen molar-refractivity contribution < 1.29 is 19.4 Å². The number of nitrogens with zero attached hydrogens (tertiary/aromatic N) is 1. The number of aromatic amines is 1. The van der Waals surface area contributed by atoms with Gasteiger partial charge in [-0.05, 0) is 36.8 Å². The van der Waals surface area contributed by atoms with Crippen LogP contribution in [0.3, 0.4) is 0 Å². The van der Waals surface area contributed by atoms with Crippen molar-refractivity contribution in [2.24, 2.45) is 0 Å². The first-order valence-electron chi connectivity index (χ1n) is 13.5. The maximum atomic E-state index is 13.1. The van der Waals surface area contributed by atoms with Gasteiger partial charge in [-0.3, -0.25) is 4.79 Å². The third-order valence-corrected chi connectivity index (χ3v) is 6.84. The molecule has 0 bridgehead atoms. The van der Waals surface area contributed by atoms with Gasteiger partial charge in [0.15, 0.2) is 5.78 Å². The summed E-state index contributed by atoms with van der Waals surface area (Å²) in [5.74, 6) is 0.372. The number of carboxylic acid groups (broad SMARTS) is 1. The summed E-state index contributed by atoms with van der Waals surface area (Å²) < 4.78 is 5.94. The van der Waals surface area contributed by atoms with Crippen LogP contribution in [0, 0.1) is 6.92 Å². The smallest absolute Gasteiger partial charge is 0.326 e. The lowest BCUT2D eigenvalue weighted by Crippen LogP contribution is -2.32. The summed E-state index contributed by atoms with van der Waals surface area (Å²) in [6, 6.07) is 32.4. The Labute approximate surface area is 238 Å². The SMILES string of the molecule is Cc1[nH]c(-c2ccccc2)nc1CCOc1ccc(C[C@H](Nc2ccccc2C(=O)c2ccccc2)C(=O)O)cc1. The molecule has 1 aromatic heterocycles. The summed E-state index contributed by atoms with van der Waals surface area (Å²) in [5, 5.41) is 13.0. The van der Waals surface area contributed by atoms with Crippen molar-refractivity contribution in [3.8, 4) is 17.1 Å². The maximum absolute atomic E-state index is 13.1. The molecular formula is C34H31N3O4. The van der Waals surface area contributed by atoms with E-state index in [1.807, 2.05) is 67.6 Å². The molecular weight excluding hydrogens is 514 g/mol. The van der Waals surface area contributed by atoms with Crippen LogP contribution in [0.1, 0.15) is 32.9 Å². The van der Waals surface area contributed by atoms with E-state index in [-0.39, 0.29) is 12.2 Å². The van der Waals surface area contributed by atoms with Crippen LogP contribution in [0.4, 0.5) is 5.69 Å². The molecule has 5 rings (SSSR count). The van der Waals surface area contributed by atoms with Crippen LogP contribution in [-0.4, -0.2) is 39.5 Å². The molecule has 0 radical (unpaired) electrons. The van der Waals surface area contributed by atoms with E-state index in [9.17, 15) is 14.7 Å². The van der Waals surface area contributed by atoms with E-state index in [1.54, 1.807) is 48.5 Å². The molecule has 7 heteroatoms. The fraction of sp³-hybridized carbons (Fsp3) is 0.147. The minimum absolute atomic E-state index is 0.166. The van der Waals surface area contributed by atoms with Crippen LogP contribution in [0.15, 0.2) is 109 Å². The molecule has 0 saturated heterocycles. The van der Waals surface area contributed by atoms with Crippen LogP contribution in [0.25, 0.3) is 11.4 Å². The van der Waals surface area contributed by atoms with Crippen LogP contribution in [0.2, 0.25) is 0 Å². The predicted molar refractivity (Wildman–Crippen MR) is 159 cm³/mol. The van der Waals surface area contributed by atoms with E-state index < -0.39 is 12.0 Å².